The van der Waals surface area contributed by atoms with Gasteiger partial charge >= 0.3 is 0 Å². The summed E-state index contributed by atoms with van der Waals surface area (Å²) in [5.74, 6) is -0.0606. The lowest BCUT2D eigenvalue weighted by molar-refractivity contribution is 0.0663. The van der Waals surface area contributed by atoms with Gasteiger partial charge in [-0.1, -0.05) is 36.0 Å². The van der Waals surface area contributed by atoms with E-state index in [1.54, 1.807) is 18.2 Å². The third-order valence-electron chi connectivity index (χ3n) is 3.52. The summed E-state index contributed by atoms with van der Waals surface area (Å²) in [4.78, 5) is 12.0. The van der Waals surface area contributed by atoms with Crippen LogP contribution in [0.15, 0.2) is 18.2 Å². The first kappa shape index (κ1) is 14.6. The molecule has 0 spiro atoms. The standard InChI is InChI=1S/C14H17Cl2NO2/c15-11-5-10(6-12(16)7-11)14(19)17-8-9-3-1-2-4-13(9)18/h5-7,9,13,18H,1-4,8H2,(H,17,19). The second-order valence-electron chi connectivity index (χ2n) is 4.98. The van der Waals surface area contributed by atoms with E-state index in [1.165, 1.54) is 0 Å². The Balaban J connectivity index is 1.93. The molecule has 104 valence electrons. The molecule has 1 aliphatic rings. The average Bonchev–Trinajstić information content (AvgIpc) is 2.36. The summed E-state index contributed by atoms with van der Waals surface area (Å²) >= 11 is 11.7. The molecule has 1 amide bonds. The van der Waals surface area contributed by atoms with Crippen molar-refractivity contribution in [3.8, 4) is 0 Å². The van der Waals surface area contributed by atoms with E-state index in [0.29, 0.717) is 22.2 Å². The van der Waals surface area contributed by atoms with Crippen molar-refractivity contribution in [2.75, 3.05) is 6.54 Å². The van der Waals surface area contributed by atoms with Gasteiger partial charge in [-0.25, -0.2) is 0 Å². The first-order valence-electron chi connectivity index (χ1n) is 6.48. The van der Waals surface area contributed by atoms with Crippen LogP contribution in [0.1, 0.15) is 36.0 Å². The molecule has 0 bridgehead atoms. The lowest BCUT2D eigenvalue weighted by atomic mass is 9.86. The molecule has 0 radical (unpaired) electrons. The molecule has 1 aliphatic carbocycles. The maximum absolute atomic E-state index is 12.0. The molecule has 0 saturated heterocycles. The number of hydrogen-bond donors (Lipinski definition) is 2. The van der Waals surface area contributed by atoms with E-state index in [4.69, 9.17) is 23.2 Å². The van der Waals surface area contributed by atoms with E-state index in [2.05, 4.69) is 5.32 Å². The van der Waals surface area contributed by atoms with Crippen LogP contribution in [0.3, 0.4) is 0 Å². The normalized spacial score (nSPS) is 23.1. The Bertz CT molecular complexity index is 445. The van der Waals surface area contributed by atoms with Gasteiger partial charge in [-0.2, -0.15) is 0 Å². The fourth-order valence-electron chi connectivity index (χ4n) is 2.44. The van der Waals surface area contributed by atoms with Gasteiger partial charge in [-0.05, 0) is 31.0 Å². The van der Waals surface area contributed by atoms with Crippen molar-refractivity contribution in [3.63, 3.8) is 0 Å². The van der Waals surface area contributed by atoms with Crippen LogP contribution >= 0.6 is 23.2 Å². The van der Waals surface area contributed by atoms with E-state index in [9.17, 15) is 9.90 Å². The number of amides is 1. The molecule has 19 heavy (non-hydrogen) atoms. The van der Waals surface area contributed by atoms with Gasteiger partial charge in [0.15, 0.2) is 0 Å². The minimum absolute atomic E-state index is 0.146. The van der Waals surface area contributed by atoms with Crippen LogP contribution in [0.25, 0.3) is 0 Å². The Kier molecular flexibility index (Phi) is 5.08. The number of carbonyl (C=O) groups excluding carboxylic acids is 1. The van der Waals surface area contributed by atoms with Crippen LogP contribution in [0.4, 0.5) is 0 Å². The zero-order chi connectivity index (χ0) is 13.8. The fourth-order valence-corrected chi connectivity index (χ4v) is 2.96. The van der Waals surface area contributed by atoms with Crippen molar-refractivity contribution >= 4 is 29.1 Å². The molecular formula is C14H17Cl2NO2. The molecule has 0 heterocycles. The first-order chi connectivity index (χ1) is 9.06. The van der Waals surface area contributed by atoms with Gasteiger partial charge in [-0.15, -0.1) is 0 Å². The number of nitrogens with one attached hydrogen (secondary N) is 1. The molecule has 1 aromatic carbocycles. The molecular weight excluding hydrogens is 285 g/mol. The minimum atomic E-state index is -0.308. The summed E-state index contributed by atoms with van der Waals surface area (Å²) in [6.07, 6.45) is 3.65. The van der Waals surface area contributed by atoms with Crippen LogP contribution in [-0.2, 0) is 0 Å². The van der Waals surface area contributed by atoms with Crippen LogP contribution in [0.2, 0.25) is 10.0 Å². The lowest BCUT2D eigenvalue weighted by Crippen LogP contribution is -2.36. The van der Waals surface area contributed by atoms with Crippen molar-refractivity contribution in [1.29, 1.82) is 0 Å². The SMILES string of the molecule is O=C(NCC1CCCCC1O)c1cc(Cl)cc(Cl)c1. The summed E-state index contributed by atoms with van der Waals surface area (Å²) in [5, 5.41) is 13.6. The number of carbonyl (C=O) groups is 1. The molecule has 0 aromatic heterocycles. The van der Waals surface area contributed by atoms with Crippen LogP contribution in [0, 0.1) is 5.92 Å². The Hall–Kier alpha value is -0.770. The van der Waals surface area contributed by atoms with Gasteiger partial charge in [0.2, 0.25) is 0 Å². The van der Waals surface area contributed by atoms with Crippen LogP contribution in [-0.4, -0.2) is 23.7 Å². The molecule has 1 fully saturated rings. The van der Waals surface area contributed by atoms with Gasteiger partial charge in [-0.3, -0.25) is 4.79 Å². The maximum atomic E-state index is 12.0. The number of rotatable bonds is 3. The zero-order valence-corrected chi connectivity index (χ0v) is 12.0. The second-order valence-corrected chi connectivity index (χ2v) is 5.85. The highest BCUT2D eigenvalue weighted by Gasteiger charge is 2.23. The highest BCUT2D eigenvalue weighted by atomic mass is 35.5. The monoisotopic (exact) mass is 301 g/mol. The molecule has 2 atom stereocenters. The number of aliphatic hydroxyl groups excluding tert-OH is 1. The van der Waals surface area contributed by atoms with Crippen molar-refractivity contribution in [1.82, 2.24) is 5.32 Å². The van der Waals surface area contributed by atoms with Gasteiger partial charge in [0.05, 0.1) is 6.10 Å². The third kappa shape index (κ3) is 4.10. The Morgan fingerprint density at radius 1 is 1.21 bits per heavy atom. The Morgan fingerprint density at radius 3 is 2.47 bits per heavy atom. The van der Waals surface area contributed by atoms with E-state index in [-0.39, 0.29) is 17.9 Å². The molecule has 2 unspecified atom stereocenters. The highest BCUT2D eigenvalue weighted by molar-refractivity contribution is 6.35. The number of hydrogen-bond acceptors (Lipinski definition) is 2. The van der Waals surface area contributed by atoms with E-state index >= 15 is 0 Å². The molecule has 2 rings (SSSR count). The number of benzene rings is 1. The molecule has 3 nitrogen and oxygen atoms in total. The van der Waals surface area contributed by atoms with Gasteiger partial charge < -0.3 is 10.4 Å². The third-order valence-corrected chi connectivity index (χ3v) is 3.95. The van der Waals surface area contributed by atoms with Crippen molar-refractivity contribution < 1.29 is 9.90 Å². The lowest BCUT2D eigenvalue weighted by Gasteiger charge is -2.27. The first-order valence-corrected chi connectivity index (χ1v) is 7.24. The average molecular weight is 302 g/mol. The highest BCUT2D eigenvalue weighted by Crippen LogP contribution is 2.24. The maximum Gasteiger partial charge on any atom is 0.251 e. The molecule has 2 N–H and O–H groups in total. The topological polar surface area (TPSA) is 49.3 Å². The summed E-state index contributed by atoms with van der Waals surface area (Å²) < 4.78 is 0. The Morgan fingerprint density at radius 2 is 1.84 bits per heavy atom. The molecule has 1 saturated carbocycles. The van der Waals surface area contributed by atoms with E-state index in [1.807, 2.05) is 0 Å². The van der Waals surface area contributed by atoms with Crippen molar-refractivity contribution in [2.45, 2.75) is 31.8 Å². The molecule has 1 aromatic rings. The van der Waals surface area contributed by atoms with Gasteiger partial charge in [0.1, 0.15) is 0 Å². The van der Waals surface area contributed by atoms with Crippen LogP contribution < -0.4 is 5.32 Å². The van der Waals surface area contributed by atoms with Crippen molar-refractivity contribution in [3.05, 3.63) is 33.8 Å². The molecule has 0 aliphatic heterocycles. The predicted octanol–water partition coefficient (Wildman–Crippen LogP) is 3.27. The van der Waals surface area contributed by atoms with E-state index in [0.717, 1.165) is 25.7 Å². The van der Waals surface area contributed by atoms with Gasteiger partial charge in [0, 0.05) is 28.1 Å². The number of aliphatic hydroxyl groups is 1. The summed E-state index contributed by atoms with van der Waals surface area (Å²) in [6.45, 7) is 0.490. The fraction of sp³-hybridized carbons (Fsp3) is 0.500. The zero-order valence-electron chi connectivity index (χ0n) is 10.5. The van der Waals surface area contributed by atoms with Crippen LogP contribution in [0.5, 0.6) is 0 Å². The van der Waals surface area contributed by atoms with E-state index < -0.39 is 0 Å². The minimum Gasteiger partial charge on any atom is -0.393 e. The quantitative estimate of drug-likeness (QED) is 0.900. The van der Waals surface area contributed by atoms with Crippen molar-refractivity contribution in [2.24, 2.45) is 5.92 Å². The largest absolute Gasteiger partial charge is 0.393 e. The Labute approximate surface area is 122 Å². The summed E-state index contributed by atoms with van der Waals surface area (Å²) in [7, 11) is 0. The summed E-state index contributed by atoms with van der Waals surface area (Å²) in [6, 6.07) is 4.75. The van der Waals surface area contributed by atoms with Gasteiger partial charge in [0.25, 0.3) is 5.91 Å². The second kappa shape index (κ2) is 6.60. The number of halogens is 2. The smallest absolute Gasteiger partial charge is 0.251 e. The molecule has 5 heteroatoms. The predicted molar refractivity (Wildman–Crippen MR) is 76.8 cm³/mol. The summed E-state index contributed by atoms with van der Waals surface area (Å²) in [5.41, 5.74) is 0.447.